The van der Waals surface area contributed by atoms with Crippen LogP contribution in [0.15, 0.2) is 30.3 Å². The van der Waals surface area contributed by atoms with E-state index in [1.165, 1.54) is 16.7 Å². The summed E-state index contributed by atoms with van der Waals surface area (Å²) in [5.41, 5.74) is 3.65. The molecule has 0 aromatic heterocycles. The lowest BCUT2D eigenvalue weighted by Gasteiger charge is -2.15. The van der Waals surface area contributed by atoms with E-state index >= 15 is 0 Å². The van der Waals surface area contributed by atoms with Crippen molar-refractivity contribution >= 4 is 0 Å². The topological polar surface area (TPSA) is 36.9 Å². The van der Waals surface area contributed by atoms with Gasteiger partial charge in [0.25, 0.3) is 0 Å². The fourth-order valence-electron chi connectivity index (χ4n) is 2.66. The highest BCUT2D eigenvalue weighted by atomic mass is 16.5. The predicted molar refractivity (Wildman–Crippen MR) is 100 cm³/mol. The van der Waals surface area contributed by atoms with E-state index in [-0.39, 0.29) is 0 Å². The van der Waals surface area contributed by atoms with Crippen LogP contribution in [0.2, 0.25) is 0 Å². The molecule has 0 aliphatic carbocycles. The molecule has 2 aromatic carbocycles. The van der Waals surface area contributed by atoms with E-state index in [1.807, 2.05) is 18.2 Å². The Balaban J connectivity index is 1.81. The van der Waals surface area contributed by atoms with Crippen LogP contribution in [0.4, 0.5) is 0 Å². The number of rotatable bonds is 9. The highest BCUT2D eigenvalue weighted by Crippen LogP contribution is 2.36. The Kier molecular flexibility index (Phi) is 6.99. The molecule has 0 atom stereocenters. The van der Waals surface area contributed by atoms with E-state index in [4.69, 9.17) is 18.9 Å². The molecule has 0 unspecified atom stereocenters. The standard InChI is InChI=1S/C21H28O4/c1-15-11-12-16(2)20(17(15)3)24-13-6-7-14-25-21-18(22-4)9-8-10-19(21)23-5/h8-12H,6-7,13-14H2,1-5H3. The molecule has 4 heteroatoms. The maximum atomic E-state index is 5.99. The molecule has 0 radical (unpaired) electrons. The van der Waals surface area contributed by atoms with Crippen molar-refractivity contribution in [1.29, 1.82) is 0 Å². The highest BCUT2D eigenvalue weighted by Gasteiger charge is 2.11. The summed E-state index contributed by atoms with van der Waals surface area (Å²) in [5.74, 6) is 3.02. The van der Waals surface area contributed by atoms with Crippen LogP contribution in [-0.2, 0) is 0 Å². The minimum Gasteiger partial charge on any atom is -0.493 e. The van der Waals surface area contributed by atoms with Crippen molar-refractivity contribution in [3.05, 3.63) is 47.0 Å². The summed E-state index contributed by atoms with van der Waals surface area (Å²) in [7, 11) is 3.25. The van der Waals surface area contributed by atoms with Gasteiger partial charge in [0.1, 0.15) is 5.75 Å². The molecule has 4 nitrogen and oxygen atoms in total. The molecule has 0 heterocycles. The Labute approximate surface area is 150 Å². The third-order valence-electron chi connectivity index (χ3n) is 4.29. The summed E-state index contributed by atoms with van der Waals surface area (Å²) < 4.78 is 22.5. The first-order chi connectivity index (χ1) is 12.1. The smallest absolute Gasteiger partial charge is 0.203 e. The van der Waals surface area contributed by atoms with E-state index in [2.05, 4.69) is 32.9 Å². The second-order valence-electron chi connectivity index (χ2n) is 6.05. The van der Waals surface area contributed by atoms with E-state index in [0.29, 0.717) is 30.5 Å². The highest BCUT2D eigenvalue weighted by molar-refractivity contribution is 5.51. The van der Waals surface area contributed by atoms with Gasteiger partial charge >= 0.3 is 0 Å². The van der Waals surface area contributed by atoms with Crippen molar-refractivity contribution in [3.8, 4) is 23.0 Å². The van der Waals surface area contributed by atoms with Crippen molar-refractivity contribution in [3.63, 3.8) is 0 Å². The third-order valence-corrected chi connectivity index (χ3v) is 4.29. The third kappa shape index (κ3) is 4.81. The average Bonchev–Trinajstić information content (AvgIpc) is 2.63. The lowest BCUT2D eigenvalue weighted by atomic mass is 10.1. The first-order valence-corrected chi connectivity index (χ1v) is 8.62. The molecule has 25 heavy (non-hydrogen) atoms. The zero-order valence-corrected chi connectivity index (χ0v) is 15.8. The maximum absolute atomic E-state index is 5.99. The minimum absolute atomic E-state index is 0.589. The van der Waals surface area contributed by atoms with E-state index in [9.17, 15) is 0 Å². The van der Waals surface area contributed by atoms with Crippen LogP contribution in [0.5, 0.6) is 23.0 Å². The van der Waals surface area contributed by atoms with Crippen molar-refractivity contribution in [2.24, 2.45) is 0 Å². The van der Waals surface area contributed by atoms with E-state index < -0.39 is 0 Å². The SMILES string of the molecule is COc1cccc(OC)c1OCCCCOc1c(C)ccc(C)c1C. The molecule has 0 N–H and O–H groups in total. The Bertz CT molecular complexity index is 672. The Morgan fingerprint density at radius 2 is 1.20 bits per heavy atom. The number of para-hydroxylation sites is 1. The lowest BCUT2D eigenvalue weighted by molar-refractivity contribution is 0.248. The largest absolute Gasteiger partial charge is 0.493 e. The van der Waals surface area contributed by atoms with Gasteiger partial charge in [-0.15, -0.1) is 0 Å². The second-order valence-corrected chi connectivity index (χ2v) is 6.05. The van der Waals surface area contributed by atoms with E-state index in [1.54, 1.807) is 14.2 Å². The number of benzene rings is 2. The van der Waals surface area contributed by atoms with Crippen LogP contribution in [0.1, 0.15) is 29.5 Å². The zero-order valence-electron chi connectivity index (χ0n) is 15.8. The Morgan fingerprint density at radius 3 is 1.76 bits per heavy atom. The lowest BCUT2D eigenvalue weighted by Crippen LogP contribution is -2.05. The van der Waals surface area contributed by atoms with Crippen LogP contribution >= 0.6 is 0 Å². The number of methoxy groups -OCH3 is 2. The van der Waals surface area contributed by atoms with Crippen LogP contribution in [-0.4, -0.2) is 27.4 Å². The first-order valence-electron chi connectivity index (χ1n) is 8.62. The second kappa shape index (κ2) is 9.21. The van der Waals surface area contributed by atoms with Gasteiger partial charge in [-0.2, -0.15) is 0 Å². The summed E-state index contributed by atoms with van der Waals surface area (Å²) in [5, 5.41) is 0. The maximum Gasteiger partial charge on any atom is 0.203 e. The zero-order chi connectivity index (χ0) is 18.2. The van der Waals surface area contributed by atoms with Crippen molar-refractivity contribution in [1.82, 2.24) is 0 Å². The van der Waals surface area contributed by atoms with Gasteiger partial charge < -0.3 is 18.9 Å². The molecule has 0 saturated heterocycles. The quantitative estimate of drug-likeness (QED) is 0.608. The van der Waals surface area contributed by atoms with Gasteiger partial charge in [0.15, 0.2) is 11.5 Å². The van der Waals surface area contributed by atoms with Crippen LogP contribution in [0.25, 0.3) is 0 Å². The van der Waals surface area contributed by atoms with Crippen molar-refractivity contribution in [2.75, 3.05) is 27.4 Å². The molecule has 0 bridgehead atoms. The molecule has 2 aromatic rings. The van der Waals surface area contributed by atoms with Gasteiger partial charge in [-0.3, -0.25) is 0 Å². The van der Waals surface area contributed by atoms with Gasteiger partial charge in [0.2, 0.25) is 5.75 Å². The molecule has 0 aliphatic heterocycles. The number of hydrogen-bond donors (Lipinski definition) is 0. The summed E-state index contributed by atoms with van der Waals surface area (Å²) in [6.07, 6.45) is 1.81. The molecule has 0 fully saturated rings. The normalized spacial score (nSPS) is 10.4. The van der Waals surface area contributed by atoms with Gasteiger partial charge in [-0.25, -0.2) is 0 Å². The molecular weight excluding hydrogens is 316 g/mol. The molecule has 136 valence electrons. The van der Waals surface area contributed by atoms with Gasteiger partial charge in [-0.05, 0) is 62.4 Å². The van der Waals surface area contributed by atoms with Gasteiger partial charge in [0, 0.05) is 0 Å². The van der Waals surface area contributed by atoms with Gasteiger partial charge in [-0.1, -0.05) is 18.2 Å². The average molecular weight is 344 g/mol. The fraction of sp³-hybridized carbons (Fsp3) is 0.429. The monoisotopic (exact) mass is 344 g/mol. The van der Waals surface area contributed by atoms with Gasteiger partial charge in [0.05, 0.1) is 27.4 Å². The molecule has 0 spiro atoms. The molecule has 0 aliphatic rings. The van der Waals surface area contributed by atoms with Crippen LogP contribution in [0.3, 0.4) is 0 Å². The Morgan fingerprint density at radius 1 is 0.680 bits per heavy atom. The molecular formula is C21H28O4. The number of ether oxygens (including phenoxy) is 4. The van der Waals surface area contributed by atoms with Crippen molar-refractivity contribution in [2.45, 2.75) is 33.6 Å². The molecule has 2 rings (SSSR count). The molecule has 0 saturated carbocycles. The van der Waals surface area contributed by atoms with Crippen LogP contribution in [0, 0.1) is 20.8 Å². The molecule has 0 amide bonds. The fourth-order valence-corrected chi connectivity index (χ4v) is 2.66. The number of aryl methyl sites for hydroxylation is 2. The van der Waals surface area contributed by atoms with E-state index in [0.717, 1.165) is 18.6 Å². The van der Waals surface area contributed by atoms with Crippen molar-refractivity contribution < 1.29 is 18.9 Å². The summed E-state index contributed by atoms with van der Waals surface area (Å²) in [6, 6.07) is 9.85. The summed E-state index contributed by atoms with van der Waals surface area (Å²) in [6.45, 7) is 7.56. The minimum atomic E-state index is 0.589. The van der Waals surface area contributed by atoms with Crippen LogP contribution < -0.4 is 18.9 Å². The number of hydrogen-bond acceptors (Lipinski definition) is 4. The Hall–Kier alpha value is -2.36. The number of unbranched alkanes of at least 4 members (excludes halogenated alkanes) is 1. The summed E-state index contributed by atoms with van der Waals surface area (Å²) >= 11 is 0. The summed E-state index contributed by atoms with van der Waals surface area (Å²) in [4.78, 5) is 0. The first kappa shape index (κ1) is 19.0. The predicted octanol–water partition coefficient (Wildman–Crippen LogP) is 4.87.